The summed E-state index contributed by atoms with van der Waals surface area (Å²) in [7, 11) is 1.72. The molecule has 4 nitrogen and oxygen atoms in total. The number of aliphatic imine (C=N–C) groups is 1. The van der Waals surface area contributed by atoms with E-state index in [1.807, 2.05) is 26.0 Å². The van der Waals surface area contributed by atoms with Crippen LogP contribution in [0.3, 0.4) is 0 Å². The van der Waals surface area contributed by atoms with Crippen molar-refractivity contribution in [1.82, 2.24) is 5.32 Å². The fourth-order valence-electron chi connectivity index (χ4n) is 5.07. The molecule has 1 radical (unpaired) electrons. The number of hydrogen-bond donors (Lipinski definition) is 2. The van der Waals surface area contributed by atoms with Gasteiger partial charge in [-0.1, -0.05) is 115 Å². The fourth-order valence-corrected chi connectivity index (χ4v) is 5.07. The van der Waals surface area contributed by atoms with Gasteiger partial charge in [0.05, 0.1) is 16.9 Å². The maximum absolute atomic E-state index is 10.5. The Morgan fingerprint density at radius 3 is 2.00 bits per heavy atom. The van der Waals surface area contributed by atoms with Crippen molar-refractivity contribution < 1.29 is 9.76 Å². The smallest absolute Gasteiger partial charge is 0.330 e. The lowest BCUT2D eigenvalue weighted by molar-refractivity contribution is -0.0893. The van der Waals surface area contributed by atoms with E-state index in [0.29, 0.717) is 0 Å². The first-order valence-corrected chi connectivity index (χ1v) is 14.1. The van der Waals surface area contributed by atoms with Gasteiger partial charge in [-0.3, -0.25) is 4.99 Å². The Balaban J connectivity index is 1.43. The van der Waals surface area contributed by atoms with E-state index in [1.54, 1.807) is 21.3 Å². The molecule has 1 aliphatic heterocycles. The van der Waals surface area contributed by atoms with Gasteiger partial charge < -0.3 is 15.1 Å². The van der Waals surface area contributed by atoms with E-state index in [0.717, 1.165) is 33.6 Å². The fraction of sp³-hybridized carbons (Fsp3) is 0.194. The molecule has 1 unspecified atom stereocenters. The number of fused-ring (bicyclic) bond motifs is 2. The molecule has 0 saturated carbocycles. The van der Waals surface area contributed by atoms with Gasteiger partial charge in [-0.2, -0.15) is 0 Å². The maximum atomic E-state index is 10.5. The first-order valence-electron chi connectivity index (χ1n) is 14.1. The van der Waals surface area contributed by atoms with E-state index in [9.17, 15) is 5.11 Å². The summed E-state index contributed by atoms with van der Waals surface area (Å²) in [6, 6.07) is 37.9. The molecule has 5 aromatic rings. The third-order valence-electron chi connectivity index (χ3n) is 8.18. The van der Waals surface area contributed by atoms with Crippen molar-refractivity contribution in [3.63, 3.8) is 0 Å². The molecule has 0 bridgehead atoms. The second-order valence-corrected chi connectivity index (χ2v) is 11.6. The van der Waals surface area contributed by atoms with Crippen LogP contribution in [0, 0.1) is 0 Å². The molecule has 5 heteroatoms. The topological polar surface area (TPSA) is 53.9 Å². The Morgan fingerprint density at radius 2 is 1.32 bits per heavy atom. The minimum Gasteiger partial charge on any atom is -0.427 e. The van der Waals surface area contributed by atoms with E-state index >= 15 is 0 Å². The molecule has 41 heavy (non-hydrogen) atoms. The van der Waals surface area contributed by atoms with Crippen molar-refractivity contribution in [1.29, 1.82) is 0 Å². The summed E-state index contributed by atoms with van der Waals surface area (Å²) in [6.07, 6.45) is 1.86. The molecule has 2 N–H and O–H groups in total. The summed E-state index contributed by atoms with van der Waals surface area (Å²) in [5, 5.41) is 19.0. The minimum absolute atomic E-state index is 0.307. The van der Waals surface area contributed by atoms with Gasteiger partial charge in [0.25, 0.3) is 0 Å². The van der Waals surface area contributed by atoms with Crippen molar-refractivity contribution in [2.45, 2.75) is 45.1 Å². The molecule has 1 aliphatic rings. The zero-order valence-corrected chi connectivity index (χ0v) is 23.9. The monoisotopic (exact) mass is 537 g/mol. The molecule has 0 aromatic heterocycles. The summed E-state index contributed by atoms with van der Waals surface area (Å²) in [6.45, 7) is 7.29. The number of aliphatic hydroxyl groups is 1. The third-order valence-corrected chi connectivity index (χ3v) is 8.18. The third kappa shape index (κ3) is 5.43. The summed E-state index contributed by atoms with van der Waals surface area (Å²) in [4.78, 5) is 5.25. The van der Waals surface area contributed by atoms with Crippen LogP contribution >= 0.6 is 0 Å². The first kappa shape index (κ1) is 27.0. The molecule has 0 aliphatic carbocycles. The molecule has 0 spiro atoms. The van der Waals surface area contributed by atoms with Crippen LogP contribution in [-0.4, -0.2) is 29.5 Å². The zero-order chi connectivity index (χ0) is 28.6. The molecular formula is C36H34BN2O2. The molecule has 203 valence electrons. The normalized spacial score (nSPS) is 15.8. The highest BCUT2D eigenvalue weighted by Crippen LogP contribution is 2.32. The number of hydrogen-bond acceptors (Lipinski definition) is 4. The van der Waals surface area contributed by atoms with Crippen LogP contribution in [0.15, 0.2) is 120 Å². The Morgan fingerprint density at radius 1 is 0.732 bits per heavy atom. The quantitative estimate of drug-likeness (QED) is 0.221. The molecule has 1 atom stereocenters. The molecule has 0 amide bonds. The van der Waals surface area contributed by atoms with Crippen molar-refractivity contribution >= 4 is 45.9 Å². The Bertz CT molecular complexity index is 1790. The summed E-state index contributed by atoms with van der Waals surface area (Å²) >= 11 is 0. The van der Waals surface area contributed by atoms with E-state index in [-0.39, 0.29) is 6.17 Å². The van der Waals surface area contributed by atoms with Crippen LogP contribution in [0.25, 0.3) is 27.2 Å². The number of rotatable bonds is 7. The second kappa shape index (κ2) is 10.7. The Labute approximate surface area is 242 Å². The summed E-state index contributed by atoms with van der Waals surface area (Å²) in [5.41, 5.74) is 4.37. The predicted octanol–water partition coefficient (Wildman–Crippen LogP) is 6.94. The van der Waals surface area contributed by atoms with Gasteiger partial charge in [0.2, 0.25) is 0 Å². The SMILES string of the molecule is CC(C)(O)C(C)(C)O[B]c1cccc(C2N=C(c3cccc4ccccc34)C=C(c3cccc4ccccc34)N2)c1. The van der Waals surface area contributed by atoms with Crippen molar-refractivity contribution in [3.8, 4) is 0 Å². The van der Waals surface area contributed by atoms with Gasteiger partial charge in [-0.25, -0.2) is 0 Å². The number of nitrogens with one attached hydrogen (secondary N) is 1. The number of nitrogens with zero attached hydrogens (tertiary/aromatic N) is 1. The van der Waals surface area contributed by atoms with Crippen molar-refractivity contribution in [2.24, 2.45) is 4.99 Å². The highest BCUT2D eigenvalue weighted by atomic mass is 16.5. The van der Waals surface area contributed by atoms with Crippen LogP contribution in [0.5, 0.6) is 0 Å². The lowest BCUT2D eigenvalue weighted by Gasteiger charge is -2.37. The number of allylic oxidation sites excluding steroid dienone is 1. The van der Waals surface area contributed by atoms with Crippen molar-refractivity contribution in [2.75, 3.05) is 0 Å². The predicted molar refractivity (Wildman–Crippen MR) is 172 cm³/mol. The molecule has 6 rings (SSSR count). The van der Waals surface area contributed by atoms with Gasteiger partial charge in [0.15, 0.2) is 0 Å². The Hall–Kier alpha value is -4.19. The maximum Gasteiger partial charge on any atom is 0.330 e. The van der Waals surface area contributed by atoms with Gasteiger partial charge in [0, 0.05) is 16.8 Å². The summed E-state index contributed by atoms with van der Waals surface area (Å²) in [5.74, 6) is 0. The lowest BCUT2D eigenvalue weighted by atomic mass is 9.82. The number of benzene rings is 5. The van der Waals surface area contributed by atoms with Crippen molar-refractivity contribution in [3.05, 3.63) is 132 Å². The van der Waals surface area contributed by atoms with Crippen LogP contribution in [0.1, 0.15) is 50.6 Å². The van der Waals surface area contributed by atoms with Crippen LogP contribution < -0.4 is 10.8 Å². The van der Waals surface area contributed by atoms with Gasteiger partial charge in [-0.15, -0.1) is 0 Å². The van der Waals surface area contributed by atoms with Crippen LogP contribution in [0.2, 0.25) is 0 Å². The van der Waals surface area contributed by atoms with E-state index < -0.39 is 11.2 Å². The molecule has 0 fully saturated rings. The minimum atomic E-state index is -0.998. The van der Waals surface area contributed by atoms with E-state index in [1.165, 1.54) is 21.5 Å². The standard InChI is InChI=1S/C36H34BN2O2/c1-35(2,40)36(3,4)41-37-27-17-9-16-26(22-27)34-38-32(30-20-10-14-24-12-5-7-18-28(24)30)23-33(39-34)31-21-11-15-25-13-6-8-19-29(25)31/h5-23,34,38,40H,1-4H3. The lowest BCUT2D eigenvalue weighted by Crippen LogP contribution is -2.49. The van der Waals surface area contributed by atoms with E-state index in [2.05, 4.69) is 108 Å². The van der Waals surface area contributed by atoms with E-state index in [4.69, 9.17) is 9.65 Å². The summed E-state index contributed by atoms with van der Waals surface area (Å²) < 4.78 is 6.06. The molecule has 5 aromatic carbocycles. The molecular weight excluding hydrogens is 503 g/mol. The highest BCUT2D eigenvalue weighted by Gasteiger charge is 2.35. The molecule has 0 saturated heterocycles. The van der Waals surface area contributed by atoms with Crippen LogP contribution in [0.4, 0.5) is 0 Å². The Kier molecular flexibility index (Phi) is 7.02. The average molecular weight is 537 g/mol. The van der Waals surface area contributed by atoms with Crippen LogP contribution in [-0.2, 0) is 4.65 Å². The largest absolute Gasteiger partial charge is 0.427 e. The highest BCUT2D eigenvalue weighted by molar-refractivity contribution is 6.47. The first-order chi connectivity index (χ1) is 19.7. The van der Waals surface area contributed by atoms with Gasteiger partial charge >= 0.3 is 7.48 Å². The molecule has 1 heterocycles. The zero-order valence-electron chi connectivity index (χ0n) is 23.9. The van der Waals surface area contributed by atoms with Gasteiger partial charge in [0.1, 0.15) is 6.17 Å². The average Bonchev–Trinajstić information content (AvgIpc) is 2.99. The van der Waals surface area contributed by atoms with Gasteiger partial charge in [-0.05, 0) is 60.9 Å². The second-order valence-electron chi connectivity index (χ2n) is 11.6.